The largest absolute Gasteiger partial charge is 0.458 e. The first-order chi connectivity index (χ1) is 11.0. The van der Waals surface area contributed by atoms with E-state index in [-0.39, 0.29) is 12.7 Å². The molecule has 0 fully saturated rings. The van der Waals surface area contributed by atoms with Crippen LogP contribution in [0.4, 0.5) is 26.3 Å². The van der Waals surface area contributed by atoms with Crippen LogP contribution in [0.2, 0.25) is 0 Å². The first-order valence-corrected chi connectivity index (χ1v) is 6.23. The number of hydrogen-bond donors (Lipinski definition) is 0. The lowest BCUT2D eigenvalue weighted by atomic mass is 10.2. The van der Waals surface area contributed by atoms with Crippen LogP contribution in [0.25, 0.3) is 0 Å². The van der Waals surface area contributed by atoms with Gasteiger partial charge in [-0.15, -0.1) is 0 Å². The standard InChI is InChI=1S/C14H10F6O4/c15-13(16,17)12(14(18,19)20)24-11(22)7-6-10(21)23-8-9-4-2-1-3-5-9/h1-7,12H,8H2/b7-6+. The number of rotatable bonds is 5. The minimum absolute atomic E-state index is 0.123. The summed E-state index contributed by atoms with van der Waals surface area (Å²) in [7, 11) is 0. The number of carbonyl (C=O) groups excluding carboxylic acids is 2. The summed E-state index contributed by atoms with van der Waals surface area (Å²) >= 11 is 0. The lowest BCUT2D eigenvalue weighted by Gasteiger charge is -2.22. The summed E-state index contributed by atoms with van der Waals surface area (Å²) in [5.74, 6) is -3.11. The lowest BCUT2D eigenvalue weighted by Crippen LogP contribution is -2.45. The van der Waals surface area contributed by atoms with E-state index in [2.05, 4.69) is 9.47 Å². The van der Waals surface area contributed by atoms with Gasteiger partial charge in [0.05, 0.1) is 0 Å². The van der Waals surface area contributed by atoms with Crippen LogP contribution in [-0.2, 0) is 25.7 Å². The van der Waals surface area contributed by atoms with Crippen molar-refractivity contribution in [1.29, 1.82) is 0 Å². The molecular formula is C14H10F6O4. The maximum absolute atomic E-state index is 12.2. The predicted molar refractivity (Wildman–Crippen MR) is 67.4 cm³/mol. The summed E-state index contributed by atoms with van der Waals surface area (Å²) in [6.07, 6.45) is -15.4. The van der Waals surface area contributed by atoms with Crippen LogP contribution < -0.4 is 0 Å². The summed E-state index contributed by atoms with van der Waals surface area (Å²) in [5, 5.41) is 0. The van der Waals surface area contributed by atoms with Crippen molar-refractivity contribution in [3.8, 4) is 0 Å². The Hall–Kier alpha value is -2.52. The van der Waals surface area contributed by atoms with Crippen LogP contribution in [-0.4, -0.2) is 30.4 Å². The van der Waals surface area contributed by atoms with Gasteiger partial charge in [-0.25, -0.2) is 9.59 Å². The molecule has 1 rings (SSSR count). The Morgan fingerprint density at radius 3 is 1.92 bits per heavy atom. The number of halogens is 6. The van der Waals surface area contributed by atoms with Gasteiger partial charge in [-0.3, -0.25) is 0 Å². The molecule has 0 aromatic heterocycles. The zero-order valence-electron chi connectivity index (χ0n) is 11.7. The highest BCUT2D eigenvalue weighted by Crippen LogP contribution is 2.35. The molecule has 1 aromatic rings. The molecule has 0 aliphatic heterocycles. The van der Waals surface area contributed by atoms with Crippen LogP contribution in [0.1, 0.15) is 5.56 Å². The number of benzene rings is 1. The van der Waals surface area contributed by atoms with Gasteiger partial charge in [-0.1, -0.05) is 30.3 Å². The molecule has 0 atom stereocenters. The van der Waals surface area contributed by atoms with Gasteiger partial charge in [0.2, 0.25) is 0 Å². The number of ether oxygens (including phenoxy) is 2. The zero-order valence-corrected chi connectivity index (χ0v) is 11.7. The smallest absolute Gasteiger partial charge is 0.434 e. The molecule has 0 saturated heterocycles. The molecule has 4 nitrogen and oxygen atoms in total. The molecule has 0 amide bonds. The van der Waals surface area contributed by atoms with Gasteiger partial charge in [-0.2, -0.15) is 26.3 Å². The molecule has 0 radical (unpaired) electrons. The maximum Gasteiger partial charge on any atom is 0.434 e. The van der Waals surface area contributed by atoms with Crippen molar-refractivity contribution in [2.45, 2.75) is 25.1 Å². The quantitative estimate of drug-likeness (QED) is 0.461. The lowest BCUT2D eigenvalue weighted by molar-refractivity contribution is -0.312. The van der Waals surface area contributed by atoms with Crippen molar-refractivity contribution in [1.82, 2.24) is 0 Å². The predicted octanol–water partition coefficient (Wildman–Crippen LogP) is 3.32. The van der Waals surface area contributed by atoms with Crippen LogP contribution in [0, 0.1) is 0 Å². The summed E-state index contributed by atoms with van der Waals surface area (Å²) < 4.78 is 81.0. The molecule has 0 N–H and O–H groups in total. The Labute approximate surface area is 131 Å². The molecule has 24 heavy (non-hydrogen) atoms. The fourth-order valence-electron chi connectivity index (χ4n) is 1.39. The average molecular weight is 356 g/mol. The highest BCUT2D eigenvalue weighted by molar-refractivity contribution is 5.91. The van der Waals surface area contributed by atoms with E-state index in [0.717, 1.165) is 0 Å². The van der Waals surface area contributed by atoms with Gasteiger partial charge in [0, 0.05) is 12.2 Å². The molecule has 0 aliphatic carbocycles. The number of esters is 2. The van der Waals surface area contributed by atoms with Crippen molar-refractivity contribution in [3.05, 3.63) is 48.0 Å². The Kier molecular flexibility index (Phi) is 6.38. The molecule has 0 unspecified atom stereocenters. The molecule has 10 heteroatoms. The summed E-state index contributed by atoms with van der Waals surface area (Å²) in [5.41, 5.74) is 0.594. The molecule has 0 bridgehead atoms. The molecule has 0 heterocycles. The summed E-state index contributed by atoms with van der Waals surface area (Å²) in [6, 6.07) is 8.25. The molecule has 1 aromatic carbocycles. The normalized spacial score (nSPS) is 12.5. The first-order valence-electron chi connectivity index (χ1n) is 6.23. The third kappa shape index (κ3) is 6.71. The van der Waals surface area contributed by atoms with E-state index in [1.54, 1.807) is 30.3 Å². The number of carbonyl (C=O) groups is 2. The van der Waals surface area contributed by atoms with E-state index in [9.17, 15) is 35.9 Å². The third-order valence-corrected chi connectivity index (χ3v) is 2.41. The summed E-state index contributed by atoms with van der Waals surface area (Å²) in [6.45, 7) is -0.188. The van der Waals surface area contributed by atoms with Crippen molar-refractivity contribution in [3.63, 3.8) is 0 Å². The molecule has 132 valence electrons. The topological polar surface area (TPSA) is 52.6 Å². The van der Waals surface area contributed by atoms with Crippen LogP contribution >= 0.6 is 0 Å². The first kappa shape index (κ1) is 19.5. The maximum atomic E-state index is 12.2. The fraction of sp³-hybridized carbons (Fsp3) is 0.286. The van der Waals surface area contributed by atoms with Crippen LogP contribution in [0.15, 0.2) is 42.5 Å². The monoisotopic (exact) mass is 356 g/mol. The second-order valence-corrected chi connectivity index (χ2v) is 4.33. The number of hydrogen-bond acceptors (Lipinski definition) is 4. The SMILES string of the molecule is O=C(/C=C/C(=O)OC(C(F)(F)F)C(F)(F)F)OCc1ccccc1. The van der Waals surface area contributed by atoms with Crippen molar-refractivity contribution >= 4 is 11.9 Å². The molecular weight excluding hydrogens is 346 g/mol. The van der Waals surface area contributed by atoms with E-state index < -0.39 is 30.4 Å². The zero-order chi connectivity index (χ0) is 18.4. The Balaban J connectivity index is 2.56. The van der Waals surface area contributed by atoms with Gasteiger partial charge < -0.3 is 9.47 Å². The highest BCUT2D eigenvalue weighted by atomic mass is 19.4. The van der Waals surface area contributed by atoms with Gasteiger partial charge >= 0.3 is 24.3 Å². The van der Waals surface area contributed by atoms with E-state index in [4.69, 9.17) is 0 Å². The Morgan fingerprint density at radius 2 is 1.42 bits per heavy atom. The van der Waals surface area contributed by atoms with Gasteiger partial charge in [0.15, 0.2) is 0 Å². The van der Waals surface area contributed by atoms with Crippen molar-refractivity contribution in [2.24, 2.45) is 0 Å². The van der Waals surface area contributed by atoms with E-state index in [1.807, 2.05) is 0 Å². The van der Waals surface area contributed by atoms with Crippen LogP contribution in [0.5, 0.6) is 0 Å². The fourth-order valence-corrected chi connectivity index (χ4v) is 1.39. The number of alkyl halides is 6. The highest BCUT2D eigenvalue weighted by Gasteiger charge is 2.59. The van der Waals surface area contributed by atoms with Gasteiger partial charge in [-0.05, 0) is 5.56 Å². The molecule has 0 spiro atoms. The van der Waals surface area contributed by atoms with E-state index in [1.165, 1.54) is 0 Å². The third-order valence-electron chi connectivity index (χ3n) is 2.41. The summed E-state index contributed by atoms with van der Waals surface area (Å²) in [4.78, 5) is 22.2. The Morgan fingerprint density at radius 1 is 0.917 bits per heavy atom. The minimum Gasteiger partial charge on any atom is -0.458 e. The van der Waals surface area contributed by atoms with Crippen LogP contribution in [0.3, 0.4) is 0 Å². The van der Waals surface area contributed by atoms with Gasteiger partial charge in [0.25, 0.3) is 6.10 Å². The van der Waals surface area contributed by atoms with E-state index in [0.29, 0.717) is 11.6 Å². The van der Waals surface area contributed by atoms with E-state index >= 15 is 0 Å². The van der Waals surface area contributed by atoms with Crippen molar-refractivity contribution in [2.75, 3.05) is 0 Å². The van der Waals surface area contributed by atoms with Crippen molar-refractivity contribution < 1.29 is 45.4 Å². The Bertz CT molecular complexity index is 578. The van der Waals surface area contributed by atoms with Gasteiger partial charge in [0.1, 0.15) is 6.61 Å². The molecule has 0 saturated carbocycles. The minimum atomic E-state index is -5.82. The average Bonchev–Trinajstić information content (AvgIpc) is 2.47. The second kappa shape index (κ2) is 7.84. The second-order valence-electron chi connectivity index (χ2n) is 4.33. The molecule has 0 aliphatic rings.